The number of nitrogen functional groups attached to an aromatic ring is 1. The van der Waals surface area contributed by atoms with Crippen LogP contribution >= 0.6 is 11.6 Å². The Kier molecular flexibility index (Phi) is 3.20. The van der Waals surface area contributed by atoms with Gasteiger partial charge in [-0.1, -0.05) is 41.9 Å². The van der Waals surface area contributed by atoms with Crippen LogP contribution in [0.3, 0.4) is 0 Å². The van der Waals surface area contributed by atoms with Crippen LogP contribution in [-0.2, 0) is 0 Å². The molecular formula is C16H14ClN3. The van der Waals surface area contributed by atoms with E-state index in [0.717, 1.165) is 22.4 Å². The molecule has 0 radical (unpaired) electrons. The Morgan fingerprint density at radius 2 is 1.85 bits per heavy atom. The van der Waals surface area contributed by atoms with Gasteiger partial charge in [0.2, 0.25) is 0 Å². The van der Waals surface area contributed by atoms with Crippen molar-refractivity contribution in [2.75, 3.05) is 5.73 Å². The van der Waals surface area contributed by atoms with Crippen LogP contribution in [0.4, 0.5) is 5.69 Å². The summed E-state index contributed by atoms with van der Waals surface area (Å²) in [6.45, 7) is 1.99. The molecule has 0 aliphatic heterocycles. The SMILES string of the molecule is Cc1cc(N)c(Cl)cc1-n1cc(-c2ccccc2)cn1. The number of anilines is 1. The molecule has 1 heterocycles. The first-order valence-corrected chi connectivity index (χ1v) is 6.69. The quantitative estimate of drug-likeness (QED) is 0.720. The maximum absolute atomic E-state index is 6.09. The second kappa shape index (κ2) is 5.02. The number of rotatable bonds is 2. The highest BCUT2D eigenvalue weighted by Gasteiger charge is 2.08. The fourth-order valence-corrected chi connectivity index (χ4v) is 2.33. The molecule has 0 bridgehead atoms. The minimum absolute atomic E-state index is 0.544. The van der Waals surface area contributed by atoms with Crippen LogP contribution in [0.1, 0.15) is 5.56 Å². The molecule has 100 valence electrons. The Labute approximate surface area is 122 Å². The molecule has 4 heteroatoms. The monoisotopic (exact) mass is 283 g/mol. The van der Waals surface area contributed by atoms with E-state index in [1.54, 1.807) is 0 Å². The van der Waals surface area contributed by atoms with E-state index in [1.807, 2.05) is 54.3 Å². The highest BCUT2D eigenvalue weighted by Crippen LogP contribution is 2.27. The second-order valence-corrected chi connectivity index (χ2v) is 5.11. The zero-order valence-corrected chi connectivity index (χ0v) is 11.8. The molecule has 0 amide bonds. The maximum atomic E-state index is 6.09. The van der Waals surface area contributed by atoms with Crippen LogP contribution in [0.25, 0.3) is 16.8 Å². The number of nitrogens with two attached hydrogens (primary N) is 1. The van der Waals surface area contributed by atoms with Gasteiger partial charge in [0, 0.05) is 11.8 Å². The summed E-state index contributed by atoms with van der Waals surface area (Å²) in [5.74, 6) is 0. The van der Waals surface area contributed by atoms with Crippen molar-refractivity contribution in [1.82, 2.24) is 9.78 Å². The van der Waals surface area contributed by atoms with E-state index in [0.29, 0.717) is 10.7 Å². The molecule has 0 unspecified atom stereocenters. The number of halogens is 1. The average Bonchev–Trinajstić information content (AvgIpc) is 2.93. The maximum Gasteiger partial charge on any atom is 0.0691 e. The summed E-state index contributed by atoms with van der Waals surface area (Å²) in [5, 5.41) is 4.96. The highest BCUT2D eigenvalue weighted by molar-refractivity contribution is 6.33. The van der Waals surface area contributed by atoms with Gasteiger partial charge in [0.05, 0.1) is 22.6 Å². The van der Waals surface area contributed by atoms with E-state index in [4.69, 9.17) is 17.3 Å². The van der Waals surface area contributed by atoms with Gasteiger partial charge >= 0.3 is 0 Å². The van der Waals surface area contributed by atoms with Crippen LogP contribution in [0.5, 0.6) is 0 Å². The Balaban J connectivity index is 2.05. The van der Waals surface area contributed by atoms with Crippen molar-refractivity contribution in [2.45, 2.75) is 6.92 Å². The summed E-state index contributed by atoms with van der Waals surface area (Å²) in [6.07, 6.45) is 3.84. The largest absolute Gasteiger partial charge is 0.398 e. The normalized spacial score (nSPS) is 10.7. The lowest BCUT2D eigenvalue weighted by atomic mass is 10.1. The minimum Gasteiger partial charge on any atom is -0.398 e. The zero-order chi connectivity index (χ0) is 14.1. The summed E-state index contributed by atoms with van der Waals surface area (Å²) in [4.78, 5) is 0. The van der Waals surface area contributed by atoms with Crippen LogP contribution in [0.15, 0.2) is 54.9 Å². The number of benzene rings is 2. The fraction of sp³-hybridized carbons (Fsp3) is 0.0625. The molecule has 1 aromatic heterocycles. The summed E-state index contributed by atoms with van der Waals surface area (Å²) >= 11 is 6.09. The number of aryl methyl sites for hydroxylation is 1. The van der Waals surface area contributed by atoms with Crippen molar-refractivity contribution in [3.8, 4) is 16.8 Å². The van der Waals surface area contributed by atoms with Crippen molar-refractivity contribution in [2.24, 2.45) is 0 Å². The standard InChI is InChI=1S/C16H14ClN3/c1-11-7-15(18)14(17)8-16(11)20-10-13(9-19-20)12-5-3-2-4-6-12/h2-10H,18H2,1H3. The Bertz CT molecular complexity index is 748. The third-order valence-electron chi connectivity index (χ3n) is 3.25. The van der Waals surface area contributed by atoms with E-state index < -0.39 is 0 Å². The fourth-order valence-electron chi connectivity index (χ4n) is 2.17. The smallest absolute Gasteiger partial charge is 0.0691 e. The van der Waals surface area contributed by atoms with Crippen molar-refractivity contribution >= 4 is 17.3 Å². The average molecular weight is 284 g/mol. The van der Waals surface area contributed by atoms with Gasteiger partial charge in [-0.3, -0.25) is 0 Å². The van der Waals surface area contributed by atoms with Crippen LogP contribution in [-0.4, -0.2) is 9.78 Å². The van der Waals surface area contributed by atoms with Gasteiger partial charge in [0.1, 0.15) is 0 Å². The molecule has 3 aromatic rings. The van der Waals surface area contributed by atoms with Crippen molar-refractivity contribution in [3.63, 3.8) is 0 Å². The Morgan fingerprint density at radius 3 is 2.60 bits per heavy atom. The van der Waals surface area contributed by atoms with Crippen molar-refractivity contribution < 1.29 is 0 Å². The lowest BCUT2D eigenvalue weighted by Gasteiger charge is -2.08. The molecular weight excluding hydrogens is 270 g/mol. The predicted octanol–water partition coefficient (Wildman–Crippen LogP) is 4.08. The van der Waals surface area contributed by atoms with E-state index in [-0.39, 0.29) is 0 Å². The van der Waals surface area contributed by atoms with E-state index in [9.17, 15) is 0 Å². The summed E-state index contributed by atoms with van der Waals surface area (Å²) in [5.41, 5.74) is 10.6. The molecule has 20 heavy (non-hydrogen) atoms. The lowest BCUT2D eigenvalue weighted by Crippen LogP contribution is -1.99. The van der Waals surface area contributed by atoms with Gasteiger partial charge < -0.3 is 5.73 Å². The van der Waals surface area contributed by atoms with Gasteiger partial charge in [0.25, 0.3) is 0 Å². The molecule has 2 N–H and O–H groups in total. The third-order valence-corrected chi connectivity index (χ3v) is 3.58. The van der Waals surface area contributed by atoms with E-state index >= 15 is 0 Å². The molecule has 0 atom stereocenters. The van der Waals surface area contributed by atoms with E-state index in [2.05, 4.69) is 17.2 Å². The molecule has 0 fully saturated rings. The summed E-state index contributed by atoms with van der Waals surface area (Å²) in [7, 11) is 0. The summed E-state index contributed by atoms with van der Waals surface area (Å²) in [6, 6.07) is 13.8. The van der Waals surface area contributed by atoms with E-state index in [1.165, 1.54) is 0 Å². The van der Waals surface area contributed by atoms with Gasteiger partial charge in [-0.2, -0.15) is 5.10 Å². The first-order chi connectivity index (χ1) is 9.65. The van der Waals surface area contributed by atoms with Gasteiger partial charge in [0.15, 0.2) is 0 Å². The molecule has 0 aliphatic rings. The van der Waals surface area contributed by atoms with Crippen molar-refractivity contribution in [1.29, 1.82) is 0 Å². The topological polar surface area (TPSA) is 43.8 Å². The molecule has 0 saturated heterocycles. The number of nitrogens with zero attached hydrogens (tertiary/aromatic N) is 2. The Morgan fingerprint density at radius 1 is 1.10 bits per heavy atom. The zero-order valence-electron chi connectivity index (χ0n) is 11.0. The van der Waals surface area contributed by atoms with Gasteiger partial charge in [-0.25, -0.2) is 4.68 Å². The molecule has 0 saturated carbocycles. The van der Waals surface area contributed by atoms with Gasteiger partial charge in [-0.05, 0) is 30.2 Å². The first-order valence-electron chi connectivity index (χ1n) is 6.31. The first kappa shape index (κ1) is 12.8. The Hall–Kier alpha value is -2.26. The minimum atomic E-state index is 0.544. The third kappa shape index (κ3) is 2.28. The predicted molar refractivity (Wildman–Crippen MR) is 83.2 cm³/mol. The molecule has 3 nitrogen and oxygen atoms in total. The molecule has 2 aromatic carbocycles. The number of aromatic nitrogens is 2. The molecule has 3 rings (SSSR count). The summed E-state index contributed by atoms with van der Waals surface area (Å²) < 4.78 is 1.82. The van der Waals surface area contributed by atoms with Crippen LogP contribution in [0.2, 0.25) is 5.02 Å². The second-order valence-electron chi connectivity index (χ2n) is 4.70. The van der Waals surface area contributed by atoms with Crippen LogP contribution in [0, 0.1) is 6.92 Å². The molecule has 0 spiro atoms. The lowest BCUT2D eigenvalue weighted by molar-refractivity contribution is 0.873. The van der Waals surface area contributed by atoms with Crippen LogP contribution < -0.4 is 5.73 Å². The number of hydrogen-bond acceptors (Lipinski definition) is 2. The number of hydrogen-bond donors (Lipinski definition) is 1. The van der Waals surface area contributed by atoms with Crippen molar-refractivity contribution in [3.05, 3.63) is 65.4 Å². The van der Waals surface area contributed by atoms with Gasteiger partial charge in [-0.15, -0.1) is 0 Å². The highest BCUT2D eigenvalue weighted by atomic mass is 35.5. The molecule has 0 aliphatic carbocycles.